The number of nitrogens with zero attached hydrogens (tertiary/aromatic N) is 3. The van der Waals surface area contributed by atoms with E-state index in [0.717, 1.165) is 17.3 Å². The number of nitrogens with one attached hydrogen (secondary N) is 1. The van der Waals surface area contributed by atoms with Gasteiger partial charge in [-0.1, -0.05) is 0 Å². The summed E-state index contributed by atoms with van der Waals surface area (Å²) >= 11 is 0. The second-order valence-corrected chi connectivity index (χ2v) is 7.25. The van der Waals surface area contributed by atoms with Crippen molar-refractivity contribution in [3.63, 3.8) is 0 Å². The van der Waals surface area contributed by atoms with Crippen LogP contribution in [0.2, 0.25) is 0 Å². The van der Waals surface area contributed by atoms with Gasteiger partial charge in [0, 0.05) is 17.1 Å². The Morgan fingerprint density at radius 2 is 2.21 bits per heavy atom. The summed E-state index contributed by atoms with van der Waals surface area (Å²) < 4.78 is 8.27. The van der Waals surface area contributed by atoms with E-state index in [4.69, 9.17) is 4.74 Å². The lowest BCUT2D eigenvalue weighted by atomic mass is 9.78. The highest BCUT2D eigenvalue weighted by atomic mass is 16.5. The summed E-state index contributed by atoms with van der Waals surface area (Å²) in [6.07, 6.45) is 5.88. The van der Waals surface area contributed by atoms with Gasteiger partial charge in [0.2, 0.25) is 0 Å². The van der Waals surface area contributed by atoms with Gasteiger partial charge in [-0.25, -0.2) is 5.43 Å². The minimum Gasteiger partial charge on any atom is -0.483 e. The van der Waals surface area contributed by atoms with Crippen molar-refractivity contribution >= 4 is 28.3 Å². The van der Waals surface area contributed by atoms with Gasteiger partial charge >= 0.3 is 0 Å². The maximum atomic E-state index is 12.0. The van der Waals surface area contributed by atoms with Crippen LogP contribution in [-0.4, -0.2) is 29.0 Å². The molecule has 2 aliphatic heterocycles. The third-order valence-electron chi connectivity index (χ3n) is 5.74. The molecule has 1 aromatic carbocycles. The number of ether oxygens (including phenoxy) is 1. The van der Waals surface area contributed by atoms with Crippen molar-refractivity contribution in [2.45, 2.75) is 44.7 Å². The number of carbonyl (C=O) groups excluding carboxylic acids is 1. The Morgan fingerprint density at radius 1 is 1.38 bits per heavy atom. The molecule has 5 rings (SSSR count). The second-order valence-electron chi connectivity index (χ2n) is 7.25. The molecule has 24 heavy (non-hydrogen) atoms. The highest BCUT2D eigenvalue weighted by Gasteiger charge is 2.37. The molecule has 1 saturated carbocycles. The molecule has 1 amide bonds. The molecule has 3 heterocycles. The van der Waals surface area contributed by atoms with E-state index in [1.54, 1.807) is 0 Å². The first-order valence-corrected chi connectivity index (χ1v) is 8.51. The summed E-state index contributed by atoms with van der Waals surface area (Å²) in [5.41, 5.74) is 4.89. The van der Waals surface area contributed by atoms with Gasteiger partial charge in [-0.3, -0.25) is 4.79 Å². The fourth-order valence-electron chi connectivity index (χ4n) is 4.05. The lowest BCUT2D eigenvalue weighted by Gasteiger charge is -2.41. The van der Waals surface area contributed by atoms with E-state index in [1.165, 1.54) is 30.2 Å². The molecular weight excluding hydrogens is 304 g/mol. The number of amidine groups is 1. The summed E-state index contributed by atoms with van der Waals surface area (Å²) in [5.74, 6) is 1.48. The molecule has 1 atom stereocenters. The first-order valence-electron chi connectivity index (χ1n) is 8.51. The third kappa shape index (κ3) is 1.71. The van der Waals surface area contributed by atoms with Crippen LogP contribution in [0.25, 0.3) is 10.9 Å². The number of anilines is 1. The van der Waals surface area contributed by atoms with Crippen LogP contribution in [0.1, 0.15) is 33.1 Å². The van der Waals surface area contributed by atoms with Crippen LogP contribution in [0.5, 0.6) is 5.75 Å². The molecule has 1 fully saturated rings. The third-order valence-corrected chi connectivity index (χ3v) is 5.74. The normalized spacial score (nSPS) is 24.4. The number of hydrogen-bond donors (Lipinski definition) is 1. The fraction of sp³-hybridized carbons (Fsp3) is 0.444. The molecule has 0 spiro atoms. The molecule has 6 nitrogen and oxygen atoms in total. The number of benzene rings is 1. The van der Waals surface area contributed by atoms with E-state index in [0.29, 0.717) is 6.61 Å². The van der Waals surface area contributed by atoms with Crippen molar-refractivity contribution in [1.82, 2.24) is 9.99 Å². The Kier molecular flexibility index (Phi) is 2.62. The van der Waals surface area contributed by atoms with Crippen LogP contribution >= 0.6 is 0 Å². The van der Waals surface area contributed by atoms with Crippen molar-refractivity contribution < 1.29 is 9.53 Å². The highest BCUT2D eigenvalue weighted by Crippen LogP contribution is 2.44. The summed E-state index contributed by atoms with van der Waals surface area (Å²) in [5, 5.41) is 5.34. The number of aromatic nitrogens is 1. The van der Waals surface area contributed by atoms with Crippen LogP contribution in [0, 0.1) is 0 Å². The Bertz CT molecular complexity index is 894. The SMILES string of the molecule is C[C@@H]1C(=O)NN=C2COc3cc4ccn(C5(C)CCC5)c4cc3N21. The number of hydrazone groups is 1. The van der Waals surface area contributed by atoms with Crippen molar-refractivity contribution in [2.24, 2.45) is 5.10 Å². The zero-order valence-corrected chi connectivity index (χ0v) is 13.9. The van der Waals surface area contributed by atoms with Gasteiger partial charge in [0.1, 0.15) is 18.4 Å². The summed E-state index contributed by atoms with van der Waals surface area (Å²) in [7, 11) is 0. The van der Waals surface area contributed by atoms with Crippen LogP contribution in [0.15, 0.2) is 29.5 Å². The maximum absolute atomic E-state index is 12.0. The number of carbonyl (C=O) groups is 1. The Labute approximate surface area is 140 Å². The predicted octanol–water partition coefficient (Wildman–Crippen LogP) is 2.57. The van der Waals surface area contributed by atoms with E-state index in [-0.39, 0.29) is 17.5 Å². The summed E-state index contributed by atoms with van der Waals surface area (Å²) in [4.78, 5) is 14.0. The minimum atomic E-state index is -0.291. The minimum absolute atomic E-state index is 0.0898. The Hall–Kier alpha value is -2.50. The van der Waals surface area contributed by atoms with Gasteiger partial charge < -0.3 is 14.2 Å². The highest BCUT2D eigenvalue weighted by molar-refractivity contribution is 6.10. The van der Waals surface area contributed by atoms with E-state index < -0.39 is 0 Å². The number of fused-ring (bicyclic) bond motifs is 4. The first-order chi connectivity index (χ1) is 11.6. The molecule has 2 aromatic rings. The van der Waals surface area contributed by atoms with Crippen molar-refractivity contribution in [1.29, 1.82) is 0 Å². The molecule has 0 radical (unpaired) electrons. The molecule has 0 unspecified atom stereocenters. The molecule has 0 saturated heterocycles. The molecule has 1 aromatic heterocycles. The van der Waals surface area contributed by atoms with Gasteiger partial charge in [0.15, 0.2) is 5.84 Å². The topological polar surface area (TPSA) is 58.9 Å². The summed E-state index contributed by atoms with van der Waals surface area (Å²) in [6.45, 7) is 4.59. The largest absolute Gasteiger partial charge is 0.483 e. The average molecular weight is 324 g/mol. The standard InChI is InChI=1S/C18H20N4O2/c1-11-17(23)20-19-16-10-24-15-8-12-4-7-21(18(2)5-3-6-18)13(12)9-14(15)22(11)16/h4,7-9,11H,3,5-6,10H2,1-2H3,(H,20,23)/t11-/m1/s1. The smallest absolute Gasteiger partial charge is 0.262 e. The zero-order valence-electron chi connectivity index (χ0n) is 13.9. The lowest BCUT2D eigenvalue weighted by molar-refractivity contribution is -0.122. The molecule has 0 bridgehead atoms. The van der Waals surface area contributed by atoms with Crippen molar-refractivity contribution in [3.05, 3.63) is 24.4 Å². The Morgan fingerprint density at radius 3 is 2.96 bits per heavy atom. The molecule has 1 aliphatic carbocycles. The zero-order chi connectivity index (χ0) is 16.5. The van der Waals surface area contributed by atoms with Gasteiger partial charge in [0.25, 0.3) is 5.91 Å². The van der Waals surface area contributed by atoms with Gasteiger partial charge in [-0.05, 0) is 51.3 Å². The van der Waals surface area contributed by atoms with Gasteiger partial charge in [-0.2, -0.15) is 5.10 Å². The van der Waals surface area contributed by atoms with Gasteiger partial charge in [0.05, 0.1) is 11.2 Å². The summed E-state index contributed by atoms with van der Waals surface area (Å²) in [6, 6.07) is 6.09. The van der Waals surface area contributed by atoms with Crippen LogP contribution in [0.3, 0.4) is 0 Å². The van der Waals surface area contributed by atoms with Crippen LogP contribution in [-0.2, 0) is 10.3 Å². The van der Waals surface area contributed by atoms with Gasteiger partial charge in [-0.15, -0.1) is 0 Å². The molecular formula is C18H20N4O2. The number of rotatable bonds is 1. The molecule has 3 aliphatic rings. The first kappa shape index (κ1) is 13.9. The Balaban J connectivity index is 1.70. The van der Waals surface area contributed by atoms with E-state index in [1.807, 2.05) is 11.8 Å². The van der Waals surface area contributed by atoms with Crippen LogP contribution in [0.4, 0.5) is 5.69 Å². The monoisotopic (exact) mass is 324 g/mol. The molecule has 1 N–H and O–H groups in total. The fourth-order valence-corrected chi connectivity index (χ4v) is 4.05. The maximum Gasteiger partial charge on any atom is 0.262 e. The van der Waals surface area contributed by atoms with Crippen LogP contribution < -0.4 is 15.1 Å². The van der Waals surface area contributed by atoms with Crippen molar-refractivity contribution in [3.8, 4) is 5.75 Å². The van der Waals surface area contributed by atoms with E-state index in [2.05, 4.69) is 46.4 Å². The quantitative estimate of drug-likeness (QED) is 0.877. The number of amides is 1. The predicted molar refractivity (Wildman–Crippen MR) is 92.5 cm³/mol. The molecule has 124 valence electrons. The van der Waals surface area contributed by atoms with Crippen molar-refractivity contribution in [2.75, 3.05) is 11.5 Å². The number of hydrogen-bond acceptors (Lipinski definition) is 4. The molecule has 6 heteroatoms. The van der Waals surface area contributed by atoms with E-state index >= 15 is 0 Å². The second kappa shape index (κ2) is 4.53. The van der Waals surface area contributed by atoms with E-state index in [9.17, 15) is 4.79 Å². The average Bonchev–Trinajstić information content (AvgIpc) is 2.97. The lowest BCUT2D eigenvalue weighted by Crippen LogP contribution is -2.55.